The zero-order valence-corrected chi connectivity index (χ0v) is 14.2. The van der Waals surface area contributed by atoms with Gasteiger partial charge >= 0.3 is 0 Å². The fourth-order valence-electron chi connectivity index (χ4n) is 3.99. The van der Waals surface area contributed by atoms with E-state index in [1.54, 1.807) is 0 Å². The van der Waals surface area contributed by atoms with E-state index in [0.29, 0.717) is 18.4 Å². The molecule has 0 aromatic rings. The largest absolute Gasteiger partial charge is 0.396 e. The lowest BCUT2D eigenvalue weighted by Gasteiger charge is -2.56. The molecular formula is C17H36O. The monoisotopic (exact) mass is 256 g/mol. The summed E-state index contributed by atoms with van der Waals surface area (Å²) < 4.78 is 0. The van der Waals surface area contributed by atoms with E-state index in [4.69, 9.17) is 0 Å². The molecule has 0 fully saturated rings. The molecule has 0 aliphatic heterocycles. The first kappa shape index (κ1) is 18.0. The molecule has 0 aromatic heterocycles. The summed E-state index contributed by atoms with van der Waals surface area (Å²) in [5.41, 5.74) is 0.465. The van der Waals surface area contributed by atoms with Gasteiger partial charge in [0.15, 0.2) is 0 Å². The zero-order valence-electron chi connectivity index (χ0n) is 14.2. The third-order valence-corrected chi connectivity index (χ3v) is 6.14. The van der Waals surface area contributed by atoms with Gasteiger partial charge in [0, 0.05) is 12.0 Å². The summed E-state index contributed by atoms with van der Waals surface area (Å²) >= 11 is 0. The molecule has 110 valence electrons. The van der Waals surface area contributed by atoms with E-state index in [1.807, 2.05) is 0 Å². The van der Waals surface area contributed by atoms with Crippen LogP contribution < -0.4 is 0 Å². The Morgan fingerprint density at radius 3 is 1.50 bits per heavy atom. The summed E-state index contributed by atoms with van der Waals surface area (Å²) in [6.07, 6.45) is 2.17. The smallest absolute Gasteiger partial charge is 0.0495 e. The minimum absolute atomic E-state index is 0.0223. The van der Waals surface area contributed by atoms with Gasteiger partial charge in [-0.25, -0.2) is 0 Å². The second kappa shape index (κ2) is 5.94. The van der Waals surface area contributed by atoms with Crippen molar-refractivity contribution in [1.82, 2.24) is 0 Å². The molecule has 0 saturated carbocycles. The minimum Gasteiger partial charge on any atom is -0.396 e. The van der Waals surface area contributed by atoms with Gasteiger partial charge in [-0.05, 0) is 35.5 Å². The van der Waals surface area contributed by atoms with Crippen LogP contribution in [0.25, 0.3) is 0 Å². The van der Waals surface area contributed by atoms with Crippen LogP contribution in [0.4, 0.5) is 0 Å². The van der Waals surface area contributed by atoms with E-state index in [0.717, 1.165) is 12.8 Å². The molecule has 1 nitrogen and oxygen atoms in total. The quantitative estimate of drug-likeness (QED) is 0.698. The molecule has 0 aromatic carbocycles. The second-order valence-electron chi connectivity index (χ2n) is 7.68. The maximum atomic E-state index is 10.1. The predicted octanol–water partition coefficient (Wildman–Crippen LogP) is 5.13. The number of hydrogen-bond donors (Lipinski definition) is 1. The Bertz CT molecular complexity index is 245. The first-order valence-electron chi connectivity index (χ1n) is 7.64. The molecule has 0 rings (SSSR count). The van der Waals surface area contributed by atoms with Gasteiger partial charge < -0.3 is 5.11 Å². The van der Waals surface area contributed by atoms with E-state index in [9.17, 15) is 5.11 Å². The van der Waals surface area contributed by atoms with Gasteiger partial charge in [-0.2, -0.15) is 0 Å². The van der Waals surface area contributed by atoms with Crippen molar-refractivity contribution in [3.8, 4) is 0 Å². The van der Waals surface area contributed by atoms with Crippen molar-refractivity contribution in [2.75, 3.05) is 6.61 Å². The minimum atomic E-state index is 0.0223. The lowest BCUT2D eigenvalue weighted by atomic mass is 9.48. The van der Waals surface area contributed by atoms with Gasteiger partial charge in [0.2, 0.25) is 0 Å². The summed E-state index contributed by atoms with van der Waals surface area (Å²) in [6, 6.07) is 0. The molecule has 3 unspecified atom stereocenters. The molecule has 0 radical (unpaired) electrons. The van der Waals surface area contributed by atoms with Gasteiger partial charge in [0.05, 0.1) is 0 Å². The van der Waals surface area contributed by atoms with E-state index in [-0.39, 0.29) is 16.2 Å². The van der Waals surface area contributed by atoms with Crippen LogP contribution >= 0.6 is 0 Å². The second-order valence-corrected chi connectivity index (χ2v) is 7.68. The van der Waals surface area contributed by atoms with Crippen molar-refractivity contribution < 1.29 is 5.11 Å². The number of aliphatic hydroxyl groups excluding tert-OH is 1. The van der Waals surface area contributed by atoms with Crippen molar-refractivity contribution in [1.29, 1.82) is 0 Å². The van der Waals surface area contributed by atoms with E-state index in [2.05, 4.69) is 62.3 Å². The molecule has 18 heavy (non-hydrogen) atoms. The standard InChI is InChI=1S/C17H36O/c1-10-16(9,14(5)15(6,7)8)17(11-2,12-18)13(3)4/h13-14,18H,10-12H2,1-9H3. The van der Waals surface area contributed by atoms with Gasteiger partial charge in [-0.1, -0.05) is 62.3 Å². The van der Waals surface area contributed by atoms with Gasteiger partial charge in [-0.3, -0.25) is 0 Å². The van der Waals surface area contributed by atoms with Crippen LogP contribution in [0.15, 0.2) is 0 Å². The Kier molecular flexibility index (Phi) is 5.93. The highest BCUT2D eigenvalue weighted by molar-refractivity contribution is 5.01. The first-order chi connectivity index (χ1) is 8.03. The van der Waals surface area contributed by atoms with Crippen LogP contribution in [-0.4, -0.2) is 11.7 Å². The predicted molar refractivity (Wildman–Crippen MR) is 81.7 cm³/mol. The van der Waals surface area contributed by atoms with Crippen LogP contribution in [0.2, 0.25) is 0 Å². The highest BCUT2D eigenvalue weighted by atomic mass is 16.3. The maximum Gasteiger partial charge on any atom is 0.0495 e. The molecule has 0 heterocycles. The molecule has 0 aliphatic rings. The van der Waals surface area contributed by atoms with E-state index < -0.39 is 0 Å². The lowest BCUT2D eigenvalue weighted by Crippen LogP contribution is -2.52. The molecule has 0 bridgehead atoms. The summed E-state index contributed by atoms with van der Waals surface area (Å²) in [4.78, 5) is 0. The Morgan fingerprint density at radius 1 is 0.889 bits per heavy atom. The summed E-state index contributed by atoms with van der Waals surface area (Å²) in [6.45, 7) is 21.1. The Balaban J connectivity index is 5.75. The number of hydrogen-bond acceptors (Lipinski definition) is 1. The number of rotatable bonds is 6. The SMILES string of the molecule is CCC(C)(C(C)C(C)(C)C)C(CC)(CO)C(C)C. The molecule has 0 spiro atoms. The van der Waals surface area contributed by atoms with Crippen LogP contribution in [0.1, 0.15) is 75.2 Å². The normalized spacial score (nSPS) is 21.5. The molecule has 0 amide bonds. The lowest BCUT2D eigenvalue weighted by molar-refractivity contribution is -0.110. The first-order valence-corrected chi connectivity index (χ1v) is 7.64. The molecular weight excluding hydrogens is 220 g/mol. The Labute approximate surface area is 115 Å². The highest BCUT2D eigenvalue weighted by Crippen LogP contribution is 2.57. The summed E-state index contributed by atoms with van der Waals surface area (Å²) in [5.74, 6) is 1.08. The molecule has 0 saturated heterocycles. The van der Waals surface area contributed by atoms with Crippen molar-refractivity contribution in [3.05, 3.63) is 0 Å². The van der Waals surface area contributed by atoms with Crippen LogP contribution in [0.3, 0.4) is 0 Å². The number of aliphatic hydroxyl groups is 1. The third-order valence-electron chi connectivity index (χ3n) is 6.14. The average Bonchev–Trinajstić information content (AvgIpc) is 2.28. The van der Waals surface area contributed by atoms with Gasteiger partial charge in [0.25, 0.3) is 0 Å². The van der Waals surface area contributed by atoms with Gasteiger partial charge in [0.1, 0.15) is 0 Å². The molecule has 1 heteroatoms. The van der Waals surface area contributed by atoms with Crippen molar-refractivity contribution in [2.45, 2.75) is 75.2 Å². The molecule has 1 N–H and O–H groups in total. The fraction of sp³-hybridized carbons (Fsp3) is 1.00. The van der Waals surface area contributed by atoms with Crippen molar-refractivity contribution in [2.24, 2.45) is 28.1 Å². The van der Waals surface area contributed by atoms with Crippen LogP contribution in [0.5, 0.6) is 0 Å². The van der Waals surface area contributed by atoms with Crippen molar-refractivity contribution >= 4 is 0 Å². The Morgan fingerprint density at radius 2 is 1.33 bits per heavy atom. The fourth-order valence-corrected chi connectivity index (χ4v) is 3.99. The highest BCUT2D eigenvalue weighted by Gasteiger charge is 2.52. The van der Waals surface area contributed by atoms with Crippen molar-refractivity contribution in [3.63, 3.8) is 0 Å². The van der Waals surface area contributed by atoms with Crippen LogP contribution in [0, 0.1) is 28.1 Å². The topological polar surface area (TPSA) is 20.2 Å². The van der Waals surface area contributed by atoms with E-state index in [1.165, 1.54) is 0 Å². The summed E-state index contributed by atoms with van der Waals surface area (Å²) in [5, 5.41) is 10.1. The average molecular weight is 256 g/mol. The zero-order chi connectivity index (χ0) is 14.8. The third kappa shape index (κ3) is 2.76. The van der Waals surface area contributed by atoms with Crippen LogP contribution in [-0.2, 0) is 0 Å². The molecule has 0 aliphatic carbocycles. The van der Waals surface area contributed by atoms with Gasteiger partial charge in [-0.15, -0.1) is 0 Å². The maximum absolute atomic E-state index is 10.1. The molecule has 3 atom stereocenters. The summed E-state index contributed by atoms with van der Waals surface area (Å²) in [7, 11) is 0. The Hall–Kier alpha value is -0.0400. The van der Waals surface area contributed by atoms with E-state index >= 15 is 0 Å².